The van der Waals surface area contributed by atoms with Gasteiger partial charge in [0.25, 0.3) is 0 Å². The largest absolute Gasteiger partial charge is 0.497 e. The summed E-state index contributed by atoms with van der Waals surface area (Å²) in [5.74, 6) is 1.03. The van der Waals surface area contributed by atoms with Crippen LogP contribution >= 0.6 is 11.8 Å². The first kappa shape index (κ1) is 19.9. The van der Waals surface area contributed by atoms with Crippen LogP contribution in [-0.2, 0) is 11.2 Å². The Kier molecular flexibility index (Phi) is 6.65. The van der Waals surface area contributed by atoms with Gasteiger partial charge in [-0.05, 0) is 71.7 Å². The number of ether oxygens (including phenoxy) is 1. The van der Waals surface area contributed by atoms with Gasteiger partial charge in [0, 0.05) is 6.54 Å². The number of carbonyl (C=O) groups excluding carboxylic acids is 1. The zero-order valence-corrected chi connectivity index (χ0v) is 17.0. The SMILES string of the molecule is COc1ccc(CCNC(=O)CSc2nnnn2-c2cc(C)cc(C)c2)cc1. The van der Waals surface area contributed by atoms with Crippen molar-refractivity contribution < 1.29 is 9.53 Å². The first-order valence-corrected chi connectivity index (χ1v) is 9.93. The van der Waals surface area contributed by atoms with Crippen molar-refractivity contribution in [3.05, 3.63) is 59.2 Å². The Labute approximate surface area is 168 Å². The Morgan fingerprint density at radius 2 is 1.86 bits per heavy atom. The Morgan fingerprint density at radius 1 is 1.14 bits per heavy atom. The molecule has 3 aromatic rings. The molecule has 1 N–H and O–H groups in total. The van der Waals surface area contributed by atoms with Crippen LogP contribution in [0.5, 0.6) is 5.75 Å². The van der Waals surface area contributed by atoms with Crippen LogP contribution in [0.1, 0.15) is 16.7 Å². The molecule has 0 saturated carbocycles. The molecule has 0 fully saturated rings. The smallest absolute Gasteiger partial charge is 0.230 e. The van der Waals surface area contributed by atoms with Crippen LogP contribution in [-0.4, -0.2) is 45.5 Å². The van der Waals surface area contributed by atoms with Crippen LogP contribution < -0.4 is 10.1 Å². The van der Waals surface area contributed by atoms with Gasteiger partial charge in [-0.25, -0.2) is 0 Å². The van der Waals surface area contributed by atoms with Crippen molar-refractivity contribution in [2.75, 3.05) is 19.4 Å². The lowest BCUT2D eigenvalue weighted by Crippen LogP contribution is -2.27. The van der Waals surface area contributed by atoms with E-state index in [0.717, 1.165) is 34.5 Å². The second kappa shape index (κ2) is 9.36. The molecule has 1 heterocycles. The molecule has 0 saturated heterocycles. The van der Waals surface area contributed by atoms with Crippen LogP contribution in [0.4, 0.5) is 0 Å². The van der Waals surface area contributed by atoms with E-state index in [4.69, 9.17) is 4.74 Å². The number of aromatic nitrogens is 4. The number of aryl methyl sites for hydroxylation is 2. The van der Waals surface area contributed by atoms with E-state index in [1.807, 2.05) is 50.2 Å². The molecule has 7 nitrogen and oxygen atoms in total. The molecule has 146 valence electrons. The number of methoxy groups -OCH3 is 1. The van der Waals surface area contributed by atoms with Crippen molar-refractivity contribution in [2.24, 2.45) is 0 Å². The summed E-state index contributed by atoms with van der Waals surface area (Å²) < 4.78 is 6.81. The van der Waals surface area contributed by atoms with E-state index in [2.05, 4.69) is 26.9 Å². The van der Waals surface area contributed by atoms with Crippen LogP contribution in [0.15, 0.2) is 47.6 Å². The summed E-state index contributed by atoms with van der Waals surface area (Å²) >= 11 is 1.32. The van der Waals surface area contributed by atoms with Gasteiger partial charge in [-0.2, -0.15) is 4.68 Å². The number of carbonyl (C=O) groups is 1. The molecular weight excluding hydrogens is 374 g/mol. The highest BCUT2D eigenvalue weighted by molar-refractivity contribution is 7.99. The second-order valence-electron chi connectivity index (χ2n) is 6.46. The minimum atomic E-state index is -0.0477. The van der Waals surface area contributed by atoms with Crippen molar-refractivity contribution >= 4 is 17.7 Å². The highest BCUT2D eigenvalue weighted by Gasteiger charge is 2.12. The lowest BCUT2D eigenvalue weighted by atomic mass is 10.1. The van der Waals surface area contributed by atoms with Crippen molar-refractivity contribution in [3.8, 4) is 11.4 Å². The molecule has 28 heavy (non-hydrogen) atoms. The predicted octanol–water partition coefficient (Wildman–Crippen LogP) is 2.74. The predicted molar refractivity (Wildman–Crippen MR) is 109 cm³/mol. The normalized spacial score (nSPS) is 10.7. The molecule has 1 amide bonds. The molecule has 0 radical (unpaired) electrons. The molecule has 3 rings (SSSR count). The van der Waals surface area contributed by atoms with E-state index in [0.29, 0.717) is 11.7 Å². The summed E-state index contributed by atoms with van der Waals surface area (Å²) in [5.41, 5.74) is 4.31. The first-order valence-electron chi connectivity index (χ1n) is 8.94. The number of hydrogen-bond donors (Lipinski definition) is 1. The Balaban J connectivity index is 1.50. The minimum Gasteiger partial charge on any atom is -0.497 e. The van der Waals surface area contributed by atoms with Crippen LogP contribution in [0, 0.1) is 13.8 Å². The van der Waals surface area contributed by atoms with Gasteiger partial charge in [0.2, 0.25) is 11.1 Å². The number of amides is 1. The van der Waals surface area contributed by atoms with E-state index < -0.39 is 0 Å². The Morgan fingerprint density at radius 3 is 2.54 bits per heavy atom. The van der Waals surface area contributed by atoms with Gasteiger partial charge >= 0.3 is 0 Å². The number of thioether (sulfide) groups is 1. The highest BCUT2D eigenvalue weighted by atomic mass is 32.2. The van der Waals surface area contributed by atoms with Crippen molar-refractivity contribution in [1.82, 2.24) is 25.5 Å². The van der Waals surface area contributed by atoms with Gasteiger partial charge in [-0.3, -0.25) is 4.79 Å². The number of hydrogen-bond acceptors (Lipinski definition) is 6. The van der Waals surface area contributed by atoms with Crippen molar-refractivity contribution in [2.45, 2.75) is 25.4 Å². The number of benzene rings is 2. The third-order valence-corrected chi connectivity index (χ3v) is 5.04. The fraction of sp³-hybridized carbons (Fsp3) is 0.300. The lowest BCUT2D eigenvalue weighted by Gasteiger charge is -2.08. The Bertz CT molecular complexity index is 920. The molecule has 0 aliphatic heterocycles. The maximum Gasteiger partial charge on any atom is 0.230 e. The van der Waals surface area contributed by atoms with Gasteiger partial charge in [0.05, 0.1) is 18.6 Å². The van der Waals surface area contributed by atoms with Crippen LogP contribution in [0.25, 0.3) is 5.69 Å². The lowest BCUT2D eigenvalue weighted by molar-refractivity contribution is -0.118. The molecule has 0 aliphatic rings. The number of nitrogens with zero attached hydrogens (tertiary/aromatic N) is 4. The molecule has 0 unspecified atom stereocenters. The zero-order chi connectivity index (χ0) is 19.9. The van der Waals surface area contributed by atoms with Gasteiger partial charge in [0.1, 0.15) is 5.75 Å². The molecular formula is C20H23N5O2S. The molecule has 0 aliphatic carbocycles. The number of rotatable bonds is 8. The van der Waals surface area contributed by atoms with Crippen LogP contribution in [0.3, 0.4) is 0 Å². The molecule has 1 aromatic heterocycles. The summed E-state index contributed by atoms with van der Waals surface area (Å²) in [4.78, 5) is 12.2. The molecule has 0 atom stereocenters. The zero-order valence-electron chi connectivity index (χ0n) is 16.2. The van der Waals surface area contributed by atoms with E-state index in [-0.39, 0.29) is 11.7 Å². The third-order valence-electron chi connectivity index (χ3n) is 4.12. The summed E-state index contributed by atoms with van der Waals surface area (Å²) in [7, 11) is 1.64. The van der Waals surface area contributed by atoms with E-state index in [1.165, 1.54) is 11.8 Å². The number of tetrazole rings is 1. The number of nitrogens with one attached hydrogen (secondary N) is 1. The topological polar surface area (TPSA) is 81.9 Å². The van der Waals surface area contributed by atoms with E-state index >= 15 is 0 Å². The van der Waals surface area contributed by atoms with Gasteiger partial charge in [-0.15, -0.1) is 5.10 Å². The van der Waals surface area contributed by atoms with Crippen LogP contribution in [0.2, 0.25) is 0 Å². The summed E-state index contributed by atoms with van der Waals surface area (Å²) in [6, 6.07) is 14.0. The molecule has 2 aromatic carbocycles. The van der Waals surface area contributed by atoms with Crippen molar-refractivity contribution in [3.63, 3.8) is 0 Å². The van der Waals surface area contributed by atoms with E-state index in [1.54, 1.807) is 11.8 Å². The average Bonchev–Trinajstić information content (AvgIpc) is 3.15. The van der Waals surface area contributed by atoms with E-state index in [9.17, 15) is 4.79 Å². The van der Waals surface area contributed by atoms with Gasteiger partial charge in [0.15, 0.2) is 0 Å². The average molecular weight is 398 g/mol. The van der Waals surface area contributed by atoms with Gasteiger partial charge in [-0.1, -0.05) is 30.0 Å². The fourth-order valence-electron chi connectivity index (χ4n) is 2.82. The summed E-state index contributed by atoms with van der Waals surface area (Å²) in [6.45, 7) is 4.64. The summed E-state index contributed by atoms with van der Waals surface area (Å²) in [5, 5.41) is 15.4. The van der Waals surface area contributed by atoms with Gasteiger partial charge < -0.3 is 10.1 Å². The molecule has 0 bridgehead atoms. The second-order valence-corrected chi connectivity index (χ2v) is 7.40. The monoisotopic (exact) mass is 397 g/mol. The fourth-order valence-corrected chi connectivity index (χ4v) is 3.54. The maximum absolute atomic E-state index is 12.2. The molecule has 0 spiro atoms. The first-order chi connectivity index (χ1) is 13.5. The summed E-state index contributed by atoms with van der Waals surface area (Å²) in [6.07, 6.45) is 0.765. The third kappa shape index (κ3) is 5.32. The highest BCUT2D eigenvalue weighted by Crippen LogP contribution is 2.20. The van der Waals surface area contributed by atoms with Crippen molar-refractivity contribution in [1.29, 1.82) is 0 Å². The quantitative estimate of drug-likeness (QED) is 0.589. The minimum absolute atomic E-state index is 0.0477. The standard InChI is InChI=1S/C20H23N5O2S/c1-14-10-15(2)12-17(11-14)25-20(22-23-24-25)28-13-19(26)21-9-8-16-4-6-18(27-3)7-5-16/h4-7,10-12H,8-9,13H2,1-3H3,(H,21,26). The maximum atomic E-state index is 12.2. The molecule has 8 heteroatoms. The Hall–Kier alpha value is -2.87.